The third-order valence-corrected chi connectivity index (χ3v) is 2.64. The normalized spacial score (nSPS) is 13.1. The van der Waals surface area contributed by atoms with E-state index >= 15 is 0 Å². The summed E-state index contributed by atoms with van der Waals surface area (Å²) in [6.45, 7) is 1.96. The van der Waals surface area contributed by atoms with Gasteiger partial charge in [-0.25, -0.2) is 0 Å². The molecule has 0 aliphatic heterocycles. The van der Waals surface area contributed by atoms with Gasteiger partial charge in [-0.3, -0.25) is 4.79 Å². The first-order valence-electron chi connectivity index (χ1n) is 6.19. The minimum absolute atomic E-state index is 0.0901. The highest BCUT2D eigenvalue weighted by molar-refractivity contribution is 5.75. The molecule has 0 bridgehead atoms. The molecule has 2 unspecified atom stereocenters. The van der Waals surface area contributed by atoms with Crippen LogP contribution in [-0.4, -0.2) is 43.5 Å². The minimum atomic E-state index is -0.752. The van der Waals surface area contributed by atoms with Crippen LogP contribution in [0.15, 0.2) is 24.3 Å². The van der Waals surface area contributed by atoms with Gasteiger partial charge in [0.05, 0.1) is 18.7 Å². The van der Waals surface area contributed by atoms with E-state index in [0.717, 1.165) is 0 Å². The van der Waals surface area contributed by atoms with Crippen LogP contribution in [0.1, 0.15) is 12.5 Å². The van der Waals surface area contributed by atoms with Crippen LogP contribution in [0.3, 0.4) is 0 Å². The zero-order valence-electron chi connectivity index (χ0n) is 11.5. The van der Waals surface area contributed by atoms with Crippen LogP contribution in [0.4, 0.5) is 0 Å². The Bertz CT molecular complexity index is 467. The fraction of sp³-hybridized carbons (Fsp3) is 0.429. The molecule has 1 aromatic rings. The number of aliphatic hydroxyl groups is 1. The van der Waals surface area contributed by atoms with Gasteiger partial charge in [0.15, 0.2) is 0 Å². The second kappa shape index (κ2) is 8.15. The van der Waals surface area contributed by atoms with E-state index in [4.69, 9.17) is 10.00 Å². The molecule has 0 saturated heterocycles. The second-order valence-corrected chi connectivity index (χ2v) is 4.25. The Morgan fingerprint density at radius 1 is 1.45 bits per heavy atom. The maximum Gasteiger partial charge on any atom is 0.322 e. The highest BCUT2D eigenvalue weighted by Crippen LogP contribution is 2.11. The number of carbonyl (C=O) groups is 1. The largest absolute Gasteiger partial charge is 0.491 e. The Kier molecular flexibility index (Phi) is 6.50. The van der Waals surface area contributed by atoms with Gasteiger partial charge >= 0.3 is 5.97 Å². The highest BCUT2D eigenvalue weighted by atomic mass is 16.5. The predicted octanol–water partition coefficient (Wildman–Crippen LogP) is 0.449. The summed E-state index contributed by atoms with van der Waals surface area (Å²) in [5, 5.41) is 21.2. The number of nitriles is 1. The van der Waals surface area contributed by atoms with Crippen LogP contribution in [-0.2, 0) is 9.53 Å². The van der Waals surface area contributed by atoms with E-state index < -0.39 is 12.1 Å². The lowest BCUT2D eigenvalue weighted by Crippen LogP contribution is -2.41. The highest BCUT2D eigenvalue weighted by Gasteiger charge is 2.14. The number of methoxy groups -OCH3 is 1. The van der Waals surface area contributed by atoms with Crippen molar-refractivity contribution >= 4 is 5.97 Å². The van der Waals surface area contributed by atoms with Crippen LogP contribution in [0.25, 0.3) is 0 Å². The molecule has 0 heterocycles. The standard InChI is InChI=1S/C14H18N2O4/c1-10(14(18)19-2)16-8-12(17)9-20-13-5-3-11(7-15)4-6-13/h3-6,10,12,16-17H,8-9H2,1-2H3. The lowest BCUT2D eigenvalue weighted by molar-refractivity contribution is -0.142. The van der Waals surface area contributed by atoms with E-state index in [-0.39, 0.29) is 19.1 Å². The number of nitrogens with one attached hydrogen (secondary N) is 1. The molecule has 2 N–H and O–H groups in total. The van der Waals surface area contributed by atoms with Gasteiger partial charge in [0.25, 0.3) is 0 Å². The summed E-state index contributed by atoms with van der Waals surface area (Å²) >= 11 is 0. The molecule has 6 heteroatoms. The van der Waals surface area contributed by atoms with Gasteiger partial charge < -0.3 is 19.9 Å². The van der Waals surface area contributed by atoms with Crippen molar-refractivity contribution in [2.75, 3.05) is 20.3 Å². The fourth-order valence-electron chi connectivity index (χ4n) is 1.45. The number of rotatable bonds is 7. The van der Waals surface area contributed by atoms with Gasteiger partial charge in [-0.05, 0) is 31.2 Å². The molecule has 2 atom stereocenters. The topological polar surface area (TPSA) is 91.6 Å². The zero-order valence-corrected chi connectivity index (χ0v) is 11.5. The number of hydrogen-bond acceptors (Lipinski definition) is 6. The second-order valence-electron chi connectivity index (χ2n) is 4.25. The molecule has 0 fully saturated rings. The van der Waals surface area contributed by atoms with Crippen molar-refractivity contribution in [1.29, 1.82) is 5.26 Å². The van der Waals surface area contributed by atoms with Gasteiger partial charge in [-0.1, -0.05) is 0 Å². The van der Waals surface area contributed by atoms with Crippen LogP contribution >= 0.6 is 0 Å². The molecule has 0 aromatic heterocycles. The Morgan fingerprint density at radius 3 is 2.65 bits per heavy atom. The van der Waals surface area contributed by atoms with Gasteiger partial charge in [0.1, 0.15) is 24.5 Å². The van der Waals surface area contributed by atoms with Gasteiger partial charge in [0.2, 0.25) is 0 Å². The Labute approximate surface area is 117 Å². The number of ether oxygens (including phenoxy) is 2. The number of esters is 1. The molecule has 0 radical (unpaired) electrons. The number of benzene rings is 1. The summed E-state index contributed by atoms with van der Waals surface area (Å²) in [4.78, 5) is 11.1. The minimum Gasteiger partial charge on any atom is -0.491 e. The van der Waals surface area contributed by atoms with Crippen molar-refractivity contribution in [3.63, 3.8) is 0 Å². The maximum absolute atomic E-state index is 11.1. The molecule has 0 saturated carbocycles. The van der Waals surface area contributed by atoms with Gasteiger partial charge in [-0.2, -0.15) is 5.26 Å². The third kappa shape index (κ3) is 5.26. The van der Waals surface area contributed by atoms with E-state index in [2.05, 4.69) is 10.1 Å². The molecular weight excluding hydrogens is 260 g/mol. The Hall–Kier alpha value is -2.10. The van der Waals surface area contributed by atoms with Crippen LogP contribution in [0.2, 0.25) is 0 Å². The molecule has 1 rings (SSSR count). The van der Waals surface area contributed by atoms with Crippen LogP contribution in [0, 0.1) is 11.3 Å². The lowest BCUT2D eigenvalue weighted by Gasteiger charge is -2.16. The summed E-state index contributed by atoms with van der Waals surface area (Å²) < 4.78 is 9.93. The number of hydrogen-bond donors (Lipinski definition) is 2. The van der Waals surface area contributed by atoms with Crippen LogP contribution in [0.5, 0.6) is 5.75 Å². The van der Waals surface area contributed by atoms with Crippen molar-refractivity contribution in [2.24, 2.45) is 0 Å². The smallest absolute Gasteiger partial charge is 0.322 e. The van der Waals surface area contributed by atoms with Crippen LogP contribution < -0.4 is 10.1 Å². The average molecular weight is 278 g/mol. The summed E-state index contributed by atoms with van der Waals surface area (Å²) in [5.41, 5.74) is 0.548. The maximum atomic E-state index is 11.1. The fourth-order valence-corrected chi connectivity index (χ4v) is 1.45. The predicted molar refractivity (Wildman–Crippen MR) is 72.1 cm³/mol. The van der Waals surface area contributed by atoms with E-state index in [1.165, 1.54) is 7.11 Å². The van der Waals surface area contributed by atoms with Gasteiger partial charge in [0, 0.05) is 6.54 Å². The SMILES string of the molecule is COC(=O)C(C)NCC(O)COc1ccc(C#N)cc1. The van der Waals surface area contributed by atoms with E-state index in [9.17, 15) is 9.90 Å². The molecule has 108 valence electrons. The van der Waals surface area contributed by atoms with Crippen molar-refractivity contribution in [3.05, 3.63) is 29.8 Å². The Morgan fingerprint density at radius 2 is 2.10 bits per heavy atom. The molecule has 0 spiro atoms. The molecule has 0 aliphatic rings. The number of nitrogens with zero attached hydrogens (tertiary/aromatic N) is 1. The monoisotopic (exact) mass is 278 g/mol. The molecule has 20 heavy (non-hydrogen) atoms. The van der Waals surface area contributed by atoms with Crippen molar-refractivity contribution in [1.82, 2.24) is 5.32 Å². The van der Waals surface area contributed by atoms with Crippen molar-refractivity contribution < 1.29 is 19.4 Å². The molecule has 1 aromatic carbocycles. The first kappa shape index (κ1) is 16.0. The first-order valence-corrected chi connectivity index (χ1v) is 6.19. The Balaban J connectivity index is 2.30. The molecule has 6 nitrogen and oxygen atoms in total. The summed E-state index contributed by atoms with van der Waals surface area (Å²) in [5.74, 6) is 0.189. The molecular formula is C14H18N2O4. The third-order valence-electron chi connectivity index (χ3n) is 2.64. The lowest BCUT2D eigenvalue weighted by atomic mass is 10.2. The van der Waals surface area contributed by atoms with Gasteiger partial charge in [-0.15, -0.1) is 0 Å². The summed E-state index contributed by atoms with van der Waals surface area (Å²) in [7, 11) is 1.31. The molecule has 0 amide bonds. The van der Waals surface area contributed by atoms with Crippen molar-refractivity contribution in [2.45, 2.75) is 19.1 Å². The zero-order chi connectivity index (χ0) is 15.0. The quantitative estimate of drug-likeness (QED) is 0.704. The van der Waals surface area contributed by atoms with E-state index in [0.29, 0.717) is 11.3 Å². The number of aliphatic hydroxyl groups excluding tert-OH is 1. The van der Waals surface area contributed by atoms with Crippen molar-refractivity contribution in [3.8, 4) is 11.8 Å². The average Bonchev–Trinajstić information content (AvgIpc) is 2.50. The van der Waals surface area contributed by atoms with E-state index in [1.54, 1.807) is 31.2 Å². The first-order chi connectivity index (χ1) is 9.56. The summed E-state index contributed by atoms with van der Waals surface area (Å²) in [6.07, 6.45) is -0.752. The molecule has 0 aliphatic carbocycles. The van der Waals surface area contributed by atoms with E-state index in [1.807, 2.05) is 6.07 Å². The summed E-state index contributed by atoms with van der Waals surface area (Å²) in [6, 6.07) is 8.13. The number of carbonyl (C=O) groups excluding carboxylic acids is 1.